The summed E-state index contributed by atoms with van der Waals surface area (Å²) in [6.07, 6.45) is 11.2. The maximum Gasteiger partial charge on any atom is 0.207 e. The molecule has 0 fully saturated rings. The van der Waals surface area contributed by atoms with Gasteiger partial charge in [-0.25, -0.2) is 0 Å². The van der Waals surface area contributed by atoms with Crippen molar-refractivity contribution in [2.45, 2.75) is 90.1 Å². The molecule has 9 nitrogen and oxygen atoms in total. The molecule has 2 heterocycles. The third-order valence-corrected chi connectivity index (χ3v) is 7.70. The maximum atomic E-state index is 10.8. The number of nitrogens with one attached hydrogen (secondary N) is 1. The van der Waals surface area contributed by atoms with E-state index in [4.69, 9.17) is 9.47 Å². The van der Waals surface area contributed by atoms with Gasteiger partial charge in [0.1, 0.15) is 30.9 Å². The molecule has 2 aliphatic rings. The minimum atomic E-state index is -0.977. The summed E-state index contributed by atoms with van der Waals surface area (Å²) in [5.41, 5.74) is 2.45. The fraction of sp³-hybridized carbons (Fsp3) is 0.594. The van der Waals surface area contributed by atoms with Crippen LogP contribution in [0.25, 0.3) is 0 Å². The van der Waals surface area contributed by atoms with E-state index >= 15 is 0 Å². The van der Waals surface area contributed by atoms with Crippen LogP contribution in [0, 0.1) is 17.9 Å². The van der Waals surface area contributed by atoms with Crippen LogP contribution in [0.3, 0.4) is 0 Å². The van der Waals surface area contributed by atoms with Gasteiger partial charge < -0.3 is 40.3 Å². The van der Waals surface area contributed by atoms with Crippen LogP contribution < -0.4 is 10.1 Å². The topological polar surface area (TPSA) is 148 Å². The standard InChI is InChI=1S/C32H48N2O7/c1-4-5-8-31-25(19-36)15-26(41-31)11-9-23-10-12-29(38)32(14-23)40-20-30(39)28-16-24(18-34-28)22(3)27(7-6-13-35)33-17-21(2)37/h10,12,14-16,18,21-22,27,30-31,33,35-37,39,41H,4-9,11,13,17,19-20H2,1-3H3/p+1/t21-,22-,27-,30-,31?/m0/s1. The van der Waals surface area contributed by atoms with Crippen LogP contribution in [0.1, 0.15) is 64.9 Å². The molecule has 0 radical (unpaired) electrons. The van der Waals surface area contributed by atoms with Gasteiger partial charge in [-0.15, -0.1) is 16.6 Å². The van der Waals surface area contributed by atoms with E-state index in [1.54, 1.807) is 25.3 Å². The second-order valence-corrected chi connectivity index (χ2v) is 11.1. The number of aliphatic hydroxyl groups is 6. The van der Waals surface area contributed by atoms with E-state index in [-0.39, 0.29) is 43.6 Å². The number of aliphatic imine (C=N–C) groups is 1. The lowest BCUT2D eigenvalue weighted by Crippen LogP contribution is -2.41. The third kappa shape index (κ3) is 10.1. The number of hydrogen-bond donors (Lipinski definition) is 6. The van der Waals surface area contributed by atoms with E-state index in [2.05, 4.69) is 24.2 Å². The predicted octanol–water partition coefficient (Wildman–Crippen LogP) is 2.91. The van der Waals surface area contributed by atoms with E-state index in [0.29, 0.717) is 30.8 Å². The summed E-state index contributed by atoms with van der Waals surface area (Å²) >= 11 is 0. The number of aromatic hydroxyl groups is 1. The first-order valence-corrected chi connectivity index (χ1v) is 14.9. The quantitative estimate of drug-likeness (QED) is 0.110. The van der Waals surface area contributed by atoms with E-state index in [0.717, 1.165) is 55.3 Å². The Morgan fingerprint density at radius 3 is 2.71 bits per heavy atom. The SMILES string of the molecule is CCCCC1[OH+][C-](CCc2ccc(O)c(OC[C@H](O)C3=C[C+]([C@H](C)[C@H](CCCO)NC[C@H](C)O)C=N3)c2)C=C1CO. The minimum absolute atomic E-state index is 0.00179. The Labute approximate surface area is 244 Å². The summed E-state index contributed by atoms with van der Waals surface area (Å²) in [4.78, 5) is 4.40. The molecular formula is C32H49N2O7+. The molecule has 9 heteroatoms. The first kappa shape index (κ1) is 33.0. The van der Waals surface area contributed by atoms with Gasteiger partial charge in [-0.2, -0.15) is 0 Å². The molecule has 0 spiro atoms. The molecule has 1 aromatic rings. The van der Waals surface area contributed by atoms with Crippen LogP contribution in [-0.2, 0) is 6.42 Å². The van der Waals surface area contributed by atoms with Crippen LogP contribution in [0.2, 0.25) is 0 Å². The zero-order valence-electron chi connectivity index (χ0n) is 24.7. The van der Waals surface area contributed by atoms with Crippen LogP contribution in [0.4, 0.5) is 0 Å². The molecule has 5 atom stereocenters. The van der Waals surface area contributed by atoms with Crippen LogP contribution in [-0.4, -0.2) is 87.2 Å². The second kappa shape index (κ2) is 16.8. The first-order chi connectivity index (χ1) is 19.7. The molecule has 0 bridgehead atoms. The number of allylic oxidation sites excluding steroid dienone is 1. The lowest BCUT2D eigenvalue weighted by molar-refractivity contribution is -0.0550. The summed E-state index contributed by atoms with van der Waals surface area (Å²) in [5.74, 6) is 1.32. The minimum Gasteiger partial charge on any atom is -0.504 e. The summed E-state index contributed by atoms with van der Waals surface area (Å²) in [5, 5.41) is 53.1. The molecule has 0 aromatic heterocycles. The summed E-state index contributed by atoms with van der Waals surface area (Å²) in [6.45, 7) is 6.46. The normalized spacial score (nSPS) is 19.7. The number of rotatable bonds is 19. The maximum absolute atomic E-state index is 10.8. The zero-order valence-corrected chi connectivity index (χ0v) is 24.7. The monoisotopic (exact) mass is 573 g/mol. The van der Waals surface area contributed by atoms with Crippen molar-refractivity contribution in [3.8, 4) is 11.5 Å². The number of hydrogen-bond acceptors (Lipinski definition) is 8. The molecular weight excluding hydrogens is 524 g/mol. The Morgan fingerprint density at radius 2 is 2.00 bits per heavy atom. The van der Waals surface area contributed by atoms with Gasteiger partial charge >= 0.3 is 0 Å². The van der Waals surface area contributed by atoms with Gasteiger partial charge in [0.25, 0.3) is 0 Å². The molecule has 0 aliphatic carbocycles. The highest BCUT2D eigenvalue weighted by molar-refractivity contribution is 5.83. The highest BCUT2D eigenvalue weighted by Gasteiger charge is 2.35. The molecule has 0 saturated heterocycles. The average molecular weight is 574 g/mol. The van der Waals surface area contributed by atoms with Crippen molar-refractivity contribution >= 4 is 6.21 Å². The van der Waals surface area contributed by atoms with Gasteiger partial charge in [0.05, 0.1) is 18.1 Å². The summed E-state index contributed by atoms with van der Waals surface area (Å²) < 4.78 is 10.6. The van der Waals surface area contributed by atoms with Crippen molar-refractivity contribution in [2.75, 3.05) is 26.4 Å². The Bertz CT molecular complexity index is 1030. The highest BCUT2D eigenvalue weighted by Crippen LogP contribution is 2.32. The van der Waals surface area contributed by atoms with Crippen molar-refractivity contribution in [2.24, 2.45) is 10.9 Å². The van der Waals surface area contributed by atoms with Crippen molar-refractivity contribution in [3.63, 3.8) is 0 Å². The van der Waals surface area contributed by atoms with Gasteiger partial charge in [0, 0.05) is 32.2 Å². The lowest BCUT2D eigenvalue weighted by Gasteiger charge is -2.24. The van der Waals surface area contributed by atoms with Gasteiger partial charge in [-0.05, 0) is 63.6 Å². The van der Waals surface area contributed by atoms with Gasteiger partial charge in [-0.1, -0.05) is 19.4 Å². The van der Waals surface area contributed by atoms with Crippen LogP contribution in [0.15, 0.2) is 46.6 Å². The zero-order chi connectivity index (χ0) is 29.8. The average Bonchev–Trinajstić information content (AvgIpc) is 3.62. The van der Waals surface area contributed by atoms with Crippen molar-refractivity contribution in [1.29, 1.82) is 0 Å². The van der Waals surface area contributed by atoms with Crippen LogP contribution in [0.5, 0.6) is 11.5 Å². The molecule has 1 unspecified atom stereocenters. The smallest absolute Gasteiger partial charge is 0.207 e. The van der Waals surface area contributed by atoms with E-state index in [1.165, 1.54) is 0 Å². The number of aliphatic hydroxyl groups excluding tert-OH is 4. The Kier molecular flexibility index (Phi) is 13.5. The molecule has 2 aliphatic heterocycles. The first-order valence-electron chi connectivity index (χ1n) is 14.9. The highest BCUT2D eigenvalue weighted by atomic mass is 16.5. The summed E-state index contributed by atoms with van der Waals surface area (Å²) in [7, 11) is 0. The molecule has 7 N–H and O–H groups in total. The number of aryl methyl sites for hydroxylation is 1. The molecule has 228 valence electrons. The fourth-order valence-electron chi connectivity index (χ4n) is 5.14. The van der Waals surface area contributed by atoms with Crippen molar-refractivity contribution < 1.29 is 35.0 Å². The van der Waals surface area contributed by atoms with Crippen molar-refractivity contribution in [3.05, 3.63) is 59.2 Å². The number of ether oxygens (including phenoxy) is 2. The summed E-state index contributed by atoms with van der Waals surface area (Å²) in [6, 6.07) is 5.28. The third-order valence-electron chi connectivity index (χ3n) is 7.70. The number of phenolic OH excluding ortho intramolecular Hbond substituents is 1. The van der Waals surface area contributed by atoms with E-state index in [9.17, 15) is 25.5 Å². The molecule has 41 heavy (non-hydrogen) atoms. The van der Waals surface area contributed by atoms with Gasteiger partial charge in [0.15, 0.2) is 17.6 Å². The van der Waals surface area contributed by atoms with E-state index < -0.39 is 12.2 Å². The van der Waals surface area contributed by atoms with Crippen molar-refractivity contribution in [1.82, 2.24) is 5.32 Å². The largest absolute Gasteiger partial charge is 0.504 e. The predicted molar refractivity (Wildman–Crippen MR) is 161 cm³/mol. The Morgan fingerprint density at radius 1 is 1.20 bits per heavy atom. The molecule has 0 amide bonds. The second-order valence-electron chi connectivity index (χ2n) is 11.1. The molecule has 3 rings (SSSR count). The molecule has 1 aromatic carbocycles. The number of benzene rings is 1. The number of phenols is 1. The van der Waals surface area contributed by atoms with Gasteiger partial charge in [-0.3, -0.25) is 0 Å². The number of nitrogens with zero attached hydrogens (tertiary/aromatic N) is 1. The fourth-order valence-corrected chi connectivity index (χ4v) is 5.14. The number of unbranched alkanes of at least 4 members (excludes halogenated alkanes) is 1. The Hall–Kier alpha value is -2.53. The molecule has 0 saturated carbocycles. The lowest BCUT2D eigenvalue weighted by atomic mass is 9.86. The Balaban J connectivity index is 1.53. The van der Waals surface area contributed by atoms with Crippen LogP contribution >= 0.6 is 0 Å². The van der Waals surface area contributed by atoms with E-state index in [1.807, 2.05) is 18.2 Å². The van der Waals surface area contributed by atoms with Gasteiger partial charge in [0.2, 0.25) is 5.70 Å².